The molecule has 1 fully saturated rings. The summed E-state index contributed by atoms with van der Waals surface area (Å²) < 4.78 is 42.0. The molecule has 3 aromatic rings. The average molecular weight is 622 g/mol. The summed E-state index contributed by atoms with van der Waals surface area (Å²) in [5, 5.41) is 5.44. The minimum absolute atomic E-state index is 0.0202. The van der Waals surface area contributed by atoms with Crippen molar-refractivity contribution in [2.45, 2.75) is 50.0 Å². The van der Waals surface area contributed by atoms with Crippen LogP contribution in [0.5, 0.6) is 0 Å². The van der Waals surface area contributed by atoms with E-state index in [9.17, 15) is 22.4 Å². The SMILES string of the molecule is CCCCc1ccc(NS(=O)(=O)c2cc(C(=O)N3CCC(NC(=O)Nc4ccc(F)cc4)CC3)c(Cl)cc2Cl)cc1. The van der Waals surface area contributed by atoms with Gasteiger partial charge >= 0.3 is 6.03 Å². The van der Waals surface area contributed by atoms with Crippen LogP contribution in [0.4, 0.5) is 20.6 Å². The van der Waals surface area contributed by atoms with Gasteiger partial charge in [-0.05, 0) is 79.8 Å². The Morgan fingerprint density at radius 1 is 0.951 bits per heavy atom. The Morgan fingerprint density at radius 3 is 2.22 bits per heavy atom. The summed E-state index contributed by atoms with van der Waals surface area (Å²) >= 11 is 12.6. The maximum atomic E-state index is 13.3. The Morgan fingerprint density at radius 2 is 1.59 bits per heavy atom. The van der Waals surface area contributed by atoms with Crippen molar-refractivity contribution >= 4 is 56.5 Å². The maximum absolute atomic E-state index is 13.3. The van der Waals surface area contributed by atoms with Crippen LogP contribution < -0.4 is 15.4 Å². The van der Waals surface area contributed by atoms with Crippen LogP contribution in [0, 0.1) is 5.82 Å². The van der Waals surface area contributed by atoms with E-state index in [1.54, 1.807) is 17.0 Å². The zero-order valence-corrected chi connectivity index (χ0v) is 24.8. The van der Waals surface area contributed by atoms with E-state index >= 15 is 0 Å². The Balaban J connectivity index is 1.39. The Kier molecular flexibility index (Phi) is 10.1. The molecule has 3 N–H and O–H groups in total. The molecule has 1 aliphatic heterocycles. The highest BCUT2D eigenvalue weighted by atomic mass is 35.5. The average Bonchev–Trinajstić information content (AvgIpc) is 2.93. The predicted molar refractivity (Wildman–Crippen MR) is 160 cm³/mol. The van der Waals surface area contributed by atoms with Crippen LogP contribution in [0.1, 0.15) is 48.5 Å². The van der Waals surface area contributed by atoms with Gasteiger partial charge in [0.25, 0.3) is 15.9 Å². The molecule has 4 rings (SSSR count). The van der Waals surface area contributed by atoms with Crippen molar-refractivity contribution < 1.29 is 22.4 Å². The molecule has 0 unspecified atom stereocenters. The number of hydrogen-bond donors (Lipinski definition) is 3. The van der Waals surface area contributed by atoms with E-state index in [0.717, 1.165) is 24.8 Å². The first kappa shape index (κ1) is 30.6. The molecule has 0 bridgehead atoms. The van der Waals surface area contributed by atoms with Crippen molar-refractivity contribution in [3.8, 4) is 0 Å². The van der Waals surface area contributed by atoms with Crippen LogP contribution in [-0.2, 0) is 16.4 Å². The lowest BCUT2D eigenvalue weighted by Crippen LogP contribution is -2.47. The number of halogens is 3. The van der Waals surface area contributed by atoms with Crippen LogP contribution in [0.3, 0.4) is 0 Å². The summed E-state index contributed by atoms with van der Waals surface area (Å²) in [7, 11) is -4.11. The third kappa shape index (κ3) is 8.12. The number of anilines is 2. The largest absolute Gasteiger partial charge is 0.338 e. The normalized spacial score (nSPS) is 14.0. The fourth-order valence-electron chi connectivity index (χ4n) is 4.51. The number of rotatable bonds is 9. The van der Waals surface area contributed by atoms with Gasteiger partial charge in [0.05, 0.1) is 15.6 Å². The van der Waals surface area contributed by atoms with Crippen molar-refractivity contribution in [1.82, 2.24) is 10.2 Å². The number of piperidine rings is 1. The highest BCUT2D eigenvalue weighted by Gasteiger charge is 2.28. The molecule has 0 aliphatic carbocycles. The molecule has 1 aliphatic rings. The maximum Gasteiger partial charge on any atom is 0.319 e. The van der Waals surface area contributed by atoms with Gasteiger partial charge in [-0.3, -0.25) is 9.52 Å². The molecule has 12 heteroatoms. The molecule has 41 heavy (non-hydrogen) atoms. The Hall–Kier alpha value is -3.34. The third-order valence-corrected chi connectivity index (χ3v) is 8.94. The van der Waals surface area contributed by atoms with E-state index < -0.39 is 27.8 Å². The molecule has 8 nitrogen and oxygen atoms in total. The van der Waals surface area contributed by atoms with Gasteiger partial charge < -0.3 is 15.5 Å². The van der Waals surface area contributed by atoms with Crippen LogP contribution in [0.15, 0.2) is 65.6 Å². The number of carbonyl (C=O) groups is 2. The molecule has 0 spiro atoms. The number of nitrogens with zero attached hydrogens (tertiary/aromatic N) is 1. The van der Waals surface area contributed by atoms with Gasteiger partial charge in [0.1, 0.15) is 10.7 Å². The van der Waals surface area contributed by atoms with Crippen LogP contribution in [-0.4, -0.2) is 44.4 Å². The molecule has 218 valence electrons. The zero-order chi connectivity index (χ0) is 29.6. The Bertz CT molecular complexity index is 1490. The summed E-state index contributed by atoms with van der Waals surface area (Å²) in [5.74, 6) is -0.833. The second kappa shape index (κ2) is 13.5. The monoisotopic (exact) mass is 620 g/mol. The molecular weight excluding hydrogens is 590 g/mol. The van der Waals surface area contributed by atoms with Gasteiger partial charge in [-0.25, -0.2) is 17.6 Å². The zero-order valence-electron chi connectivity index (χ0n) is 22.4. The topological polar surface area (TPSA) is 108 Å². The van der Waals surface area contributed by atoms with Gasteiger partial charge in [0.15, 0.2) is 0 Å². The highest BCUT2D eigenvalue weighted by molar-refractivity contribution is 7.92. The smallest absolute Gasteiger partial charge is 0.319 e. The fraction of sp³-hybridized carbons (Fsp3) is 0.310. The second-order valence-electron chi connectivity index (χ2n) is 9.84. The molecule has 0 saturated carbocycles. The lowest BCUT2D eigenvalue weighted by molar-refractivity contribution is 0.0709. The molecule has 0 atom stereocenters. The summed E-state index contributed by atoms with van der Waals surface area (Å²) in [5.41, 5.74) is 1.96. The minimum Gasteiger partial charge on any atom is -0.338 e. The summed E-state index contributed by atoms with van der Waals surface area (Å²) in [4.78, 5) is 27.0. The Labute approximate surface area is 249 Å². The van der Waals surface area contributed by atoms with Crippen LogP contribution >= 0.6 is 23.2 Å². The number of urea groups is 1. The van der Waals surface area contributed by atoms with E-state index in [1.165, 1.54) is 36.4 Å². The minimum atomic E-state index is -4.11. The van der Waals surface area contributed by atoms with Gasteiger partial charge in [0.2, 0.25) is 0 Å². The number of benzene rings is 3. The number of amides is 3. The van der Waals surface area contributed by atoms with Crippen molar-refractivity contribution in [1.29, 1.82) is 0 Å². The molecule has 1 saturated heterocycles. The van der Waals surface area contributed by atoms with E-state index in [1.807, 2.05) is 12.1 Å². The number of likely N-dealkylation sites (tertiary alicyclic amines) is 1. The number of aryl methyl sites for hydroxylation is 1. The van der Waals surface area contributed by atoms with Crippen molar-refractivity contribution in [3.05, 3.63) is 87.7 Å². The van der Waals surface area contributed by atoms with Crippen molar-refractivity contribution in [2.75, 3.05) is 23.1 Å². The van der Waals surface area contributed by atoms with E-state index in [4.69, 9.17) is 23.2 Å². The van der Waals surface area contributed by atoms with Gasteiger partial charge in [0, 0.05) is 30.5 Å². The second-order valence-corrected chi connectivity index (χ2v) is 12.3. The third-order valence-electron chi connectivity index (χ3n) is 6.79. The van der Waals surface area contributed by atoms with Crippen LogP contribution in [0.2, 0.25) is 10.0 Å². The number of unbranched alkanes of at least 4 members (excludes halogenated alkanes) is 1. The lowest BCUT2D eigenvalue weighted by Gasteiger charge is -2.32. The number of sulfonamides is 1. The first-order chi connectivity index (χ1) is 19.6. The lowest BCUT2D eigenvalue weighted by atomic mass is 10.0. The van der Waals surface area contributed by atoms with E-state index in [2.05, 4.69) is 22.3 Å². The molecule has 1 heterocycles. The number of carbonyl (C=O) groups excluding carboxylic acids is 2. The predicted octanol–water partition coefficient (Wildman–Crippen LogP) is 6.70. The molecule has 3 amide bonds. The van der Waals surface area contributed by atoms with E-state index in [0.29, 0.717) is 37.3 Å². The standard InChI is InChI=1S/C29H31Cl2FN4O4S/c1-2-3-4-19-5-9-23(10-6-19)35-41(39,40)27-17-24(25(30)18-26(27)31)28(37)36-15-13-22(14-16-36)34-29(38)33-21-11-7-20(32)8-12-21/h5-12,17-18,22,35H,2-4,13-16H2,1H3,(H2,33,34,38). The molecule has 0 aromatic heterocycles. The van der Waals surface area contributed by atoms with Gasteiger partial charge in [-0.1, -0.05) is 48.7 Å². The fourth-order valence-corrected chi connectivity index (χ4v) is 6.43. The molecular formula is C29H31Cl2FN4O4S. The highest BCUT2D eigenvalue weighted by Crippen LogP contribution is 2.31. The van der Waals surface area contributed by atoms with Crippen molar-refractivity contribution in [2.24, 2.45) is 0 Å². The van der Waals surface area contributed by atoms with Gasteiger partial charge in [-0.15, -0.1) is 0 Å². The van der Waals surface area contributed by atoms with E-state index in [-0.39, 0.29) is 26.5 Å². The molecule has 0 radical (unpaired) electrons. The van der Waals surface area contributed by atoms with Gasteiger partial charge in [-0.2, -0.15) is 0 Å². The molecule has 3 aromatic carbocycles. The quantitative estimate of drug-likeness (QED) is 0.247. The summed E-state index contributed by atoms with van der Waals surface area (Å²) in [6.45, 7) is 2.75. The first-order valence-corrected chi connectivity index (χ1v) is 15.5. The summed E-state index contributed by atoms with van der Waals surface area (Å²) in [6, 6.07) is 14.4. The van der Waals surface area contributed by atoms with Crippen molar-refractivity contribution in [3.63, 3.8) is 0 Å². The number of hydrogen-bond acceptors (Lipinski definition) is 4. The summed E-state index contributed by atoms with van der Waals surface area (Å²) in [6.07, 6.45) is 3.98. The first-order valence-electron chi connectivity index (χ1n) is 13.3. The van der Waals surface area contributed by atoms with Crippen LogP contribution in [0.25, 0.3) is 0 Å². The number of nitrogens with one attached hydrogen (secondary N) is 3.